The maximum atomic E-state index is 11.8. The first-order valence-electron chi connectivity index (χ1n) is 6.62. The lowest BCUT2D eigenvalue weighted by Gasteiger charge is -2.15. The van der Waals surface area contributed by atoms with Crippen molar-refractivity contribution >= 4 is 21.4 Å². The van der Waals surface area contributed by atoms with Crippen molar-refractivity contribution in [2.45, 2.75) is 44.2 Å². The number of anilines is 1. The summed E-state index contributed by atoms with van der Waals surface area (Å²) in [5.74, 6) is -0.378. The van der Waals surface area contributed by atoms with Crippen molar-refractivity contribution in [3.8, 4) is 0 Å². The lowest BCUT2D eigenvalue weighted by Crippen LogP contribution is -2.34. The number of sulfone groups is 1. The number of benzene rings is 1. The van der Waals surface area contributed by atoms with Crippen molar-refractivity contribution in [2.24, 2.45) is 5.73 Å². The predicted molar refractivity (Wildman–Crippen MR) is 81.1 cm³/mol. The van der Waals surface area contributed by atoms with Crippen LogP contribution in [0.5, 0.6) is 0 Å². The quantitative estimate of drug-likeness (QED) is 0.801. The molecule has 0 spiro atoms. The Morgan fingerprint density at radius 2 is 1.80 bits per heavy atom. The Kier molecular flexibility index (Phi) is 5.56. The maximum absolute atomic E-state index is 11.8. The van der Waals surface area contributed by atoms with E-state index >= 15 is 0 Å². The van der Waals surface area contributed by atoms with Gasteiger partial charge in [0.1, 0.15) is 6.04 Å². The Labute approximate surface area is 120 Å². The van der Waals surface area contributed by atoms with Crippen LogP contribution in [0.25, 0.3) is 0 Å². The van der Waals surface area contributed by atoms with Crippen LogP contribution in [0.3, 0.4) is 0 Å². The molecule has 1 amide bonds. The van der Waals surface area contributed by atoms with Crippen LogP contribution in [0.15, 0.2) is 24.3 Å². The summed E-state index contributed by atoms with van der Waals surface area (Å²) in [4.78, 5) is 11.1. The van der Waals surface area contributed by atoms with E-state index in [2.05, 4.69) is 5.32 Å². The Balaban J connectivity index is 2.77. The molecule has 5 nitrogen and oxygen atoms in total. The molecule has 20 heavy (non-hydrogen) atoms. The third kappa shape index (κ3) is 4.52. The minimum Gasteiger partial charge on any atom is -0.374 e. The van der Waals surface area contributed by atoms with E-state index in [0.29, 0.717) is 6.42 Å². The number of carbonyl (C=O) groups is 1. The average molecular weight is 298 g/mol. The molecule has 0 unspecified atom stereocenters. The van der Waals surface area contributed by atoms with Crippen molar-refractivity contribution in [1.82, 2.24) is 0 Å². The molecular weight excluding hydrogens is 276 g/mol. The van der Waals surface area contributed by atoms with Crippen LogP contribution in [0.1, 0.15) is 32.8 Å². The number of rotatable bonds is 7. The Bertz CT molecular complexity index is 550. The van der Waals surface area contributed by atoms with Crippen LogP contribution in [0, 0.1) is 0 Å². The van der Waals surface area contributed by atoms with Crippen LogP contribution in [-0.2, 0) is 20.4 Å². The van der Waals surface area contributed by atoms with E-state index in [1.54, 1.807) is 38.1 Å². The number of hydrogen-bond acceptors (Lipinski definition) is 4. The molecule has 0 heterocycles. The lowest BCUT2D eigenvalue weighted by atomic mass is 10.2. The van der Waals surface area contributed by atoms with E-state index in [4.69, 9.17) is 5.73 Å². The summed E-state index contributed by atoms with van der Waals surface area (Å²) in [7, 11) is -3.10. The van der Waals surface area contributed by atoms with Gasteiger partial charge < -0.3 is 11.1 Å². The van der Waals surface area contributed by atoms with Gasteiger partial charge in [0.15, 0.2) is 9.84 Å². The van der Waals surface area contributed by atoms with Gasteiger partial charge in [0.2, 0.25) is 5.91 Å². The van der Waals surface area contributed by atoms with Crippen LogP contribution < -0.4 is 11.1 Å². The second kappa shape index (κ2) is 6.74. The van der Waals surface area contributed by atoms with Gasteiger partial charge in [-0.25, -0.2) is 8.42 Å². The zero-order valence-corrected chi connectivity index (χ0v) is 12.9. The van der Waals surface area contributed by atoms with Gasteiger partial charge in [-0.1, -0.05) is 19.1 Å². The molecule has 0 radical (unpaired) electrons. The summed E-state index contributed by atoms with van der Waals surface area (Å²) in [6.07, 6.45) is 0.596. The first kappa shape index (κ1) is 16.5. The van der Waals surface area contributed by atoms with Gasteiger partial charge >= 0.3 is 0 Å². The molecule has 1 rings (SSSR count). The van der Waals surface area contributed by atoms with Gasteiger partial charge in [0.25, 0.3) is 0 Å². The van der Waals surface area contributed by atoms with E-state index in [9.17, 15) is 13.2 Å². The first-order valence-corrected chi connectivity index (χ1v) is 8.34. The molecule has 1 atom stereocenters. The van der Waals surface area contributed by atoms with Gasteiger partial charge in [-0.05, 0) is 38.0 Å². The van der Waals surface area contributed by atoms with E-state index in [0.717, 1.165) is 11.3 Å². The number of nitrogens with two attached hydrogens (primary N) is 1. The molecule has 0 aromatic heterocycles. The third-order valence-corrected chi connectivity index (χ3v) is 5.30. The van der Waals surface area contributed by atoms with Gasteiger partial charge in [0.05, 0.1) is 11.0 Å². The van der Waals surface area contributed by atoms with Gasteiger partial charge in [-0.3, -0.25) is 4.79 Å². The minimum atomic E-state index is -3.10. The molecule has 0 aliphatic carbocycles. The summed E-state index contributed by atoms with van der Waals surface area (Å²) in [5, 5.41) is 2.63. The molecule has 0 aliphatic rings. The highest BCUT2D eigenvalue weighted by Crippen LogP contribution is 2.15. The monoisotopic (exact) mass is 298 g/mol. The van der Waals surface area contributed by atoms with E-state index in [1.807, 2.05) is 6.92 Å². The van der Waals surface area contributed by atoms with Gasteiger partial charge in [0, 0.05) is 5.69 Å². The fraction of sp³-hybridized carbons (Fsp3) is 0.500. The average Bonchev–Trinajstić information content (AvgIpc) is 2.36. The van der Waals surface area contributed by atoms with Crippen molar-refractivity contribution in [3.63, 3.8) is 0 Å². The van der Waals surface area contributed by atoms with Gasteiger partial charge in [-0.2, -0.15) is 0 Å². The molecule has 3 N–H and O–H groups in total. The first-order chi connectivity index (χ1) is 9.26. The van der Waals surface area contributed by atoms with E-state index < -0.39 is 21.8 Å². The molecule has 0 aliphatic heterocycles. The molecule has 112 valence electrons. The Hall–Kier alpha value is -1.56. The predicted octanol–water partition coefficient (Wildman–Crippen LogP) is 1.69. The molecular formula is C14H22N2O3S. The minimum absolute atomic E-state index is 0.0258. The van der Waals surface area contributed by atoms with Gasteiger partial charge in [-0.15, -0.1) is 0 Å². The summed E-state index contributed by atoms with van der Waals surface area (Å²) in [5.41, 5.74) is 6.74. The topological polar surface area (TPSA) is 89.3 Å². The van der Waals surface area contributed by atoms with E-state index in [-0.39, 0.29) is 11.0 Å². The molecule has 1 aromatic rings. The Morgan fingerprint density at radius 3 is 2.20 bits per heavy atom. The third-order valence-electron chi connectivity index (χ3n) is 3.13. The highest BCUT2D eigenvalue weighted by atomic mass is 32.2. The summed E-state index contributed by atoms with van der Waals surface area (Å²) < 4.78 is 23.6. The molecule has 6 heteroatoms. The smallest absolute Gasteiger partial charge is 0.239 e. The molecule has 0 saturated heterocycles. The van der Waals surface area contributed by atoms with E-state index in [1.165, 1.54) is 0 Å². The second-order valence-electron chi connectivity index (χ2n) is 5.06. The van der Waals surface area contributed by atoms with Crippen molar-refractivity contribution in [3.05, 3.63) is 29.8 Å². The Morgan fingerprint density at radius 1 is 1.25 bits per heavy atom. The summed E-state index contributed by atoms with van der Waals surface area (Å²) in [6, 6.07) is 6.60. The highest BCUT2D eigenvalue weighted by Gasteiger charge is 2.17. The van der Waals surface area contributed by atoms with Crippen LogP contribution in [0.4, 0.5) is 5.69 Å². The number of hydrogen-bond donors (Lipinski definition) is 2. The lowest BCUT2D eigenvalue weighted by molar-refractivity contribution is -0.118. The second-order valence-corrected chi connectivity index (χ2v) is 7.62. The fourth-order valence-corrected chi connectivity index (χ4v) is 2.66. The van der Waals surface area contributed by atoms with Crippen LogP contribution in [0.2, 0.25) is 0 Å². The zero-order valence-electron chi connectivity index (χ0n) is 12.1. The molecule has 0 saturated carbocycles. The fourth-order valence-electron chi connectivity index (χ4n) is 1.67. The molecule has 1 aromatic carbocycles. The van der Waals surface area contributed by atoms with Crippen molar-refractivity contribution < 1.29 is 13.2 Å². The molecule has 0 fully saturated rings. The van der Waals surface area contributed by atoms with Crippen molar-refractivity contribution in [2.75, 3.05) is 5.32 Å². The standard InChI is InChI=1S/C14H22N2O3S/c1-4-13(14(15)17)16-12-7-5-11(6-8-12)9-20(18,19)10(2)3/h5-8,10,13,16H,4,9H2,1-3H3,(H2,15,17)/t13-/m0/s1. The normalized spacial score (nSPS) is 13.2. The van der Waals surface area contributed by atoms with Crippen molar-refractivity contribution in [1.29, 1.82) is 0 Å². The highest BCUT2D eigenvalue weighted by molar-refractivity contribution is 7.91. The largest absolute Gasteiger partial charge is 0.374 e. The number of nitrogens with one attached hydrogen (secondary N) is 1. The number of amides is 1. The zero-order chi connectivity index (χ0) is 15.3. The SMILES string of the molecule is CC[C@H](Nc1ccc(CS(=O)(=O)C(C)C)cc1)C(N)=O. The van der Waals surface area contributed by atoms with Crippen LogP contribution in [-0.4, -0.2) is 25.6 Å². The maximum Gasteiger partial charge on any atom is 0.239 e. The number of primary amides is 1. The summed E-state index contributed by atoms with van der Waals surface area (Å²) in [6.45, 7) is 5.21. The van der Waals surface area contributed by atoms with Crippen LogP contribution >= 0.6 is 0 Å². The molecule has 0 bridgehead atoms. The summed E-state index contributed by atoms with van der Waals surface area (Å²) >= 11 is 0. The number of carbonyl (C=O) groups excluding carboxylic acids is 1.